The monoisotopic (exact) mass is 916 g/mol. The highest BCUT2D eigenvalue weighted by atomic mass is 16.6. The molecular weight excluding hydrogens is 831 g/mol. The van der Waals surface area contributed by atoms with E-state index in [0.717, 1.165) is 25.7 Å². The number of benzene rings is 1. The lowest BCUT2D eigenvalue weighted by Gasteiger charge is -2.24. The Labute approximate surface area is 384 Å². The summed E-state index contributed by atoms with van der Waals surface area (Å²) >= 11 is 0. The van der Waals surface area contributed by atoms with Crippen LogP contribution in [0.1, 0.15) is 103 Å². The van der Waals surface area contributed by atoms with E-state index in [4.69, 9.17) is 56.8 Å². The maximum Gasteiger partial charge on any atom is 0.407 e. The number of hydrogen-bond donors (Lipinski definition) is 1. The van der Waals surface area contributed by atoms with E-state index >= 15 is 0 Å². The molecule has 0 saturated carbocycles. The van der Waals surface area contributed by atoms with Crippen LogP contribution in [0.5, 0.6) is 0 Å². The van der Waals surface area contributed by atoms with Crippen LogP contribution in [0.4, 0.5) is 4.79 Å². The first kappa shape index (κ1) is 59.1. The summed E-state index contributed by atoms with van der Waals surface area (Å²) in [5.41, 5.74) is 1.17. The fourth-order valence-corrected chi connectivity index (χ4v) is 6.42. The molecule has 0 aromatic heterocycles. The number of unbranched alkanes of at least 4 members (excludes halogenated alkanes) is 7. The zero-order chi connectivity index (χ0) is 46.4. The molecule has 0 fully saturated rings. The van der Waals surface area contributed by atoms with Crippen molar-refractivity contribution in [1.29, 1.82) is 0 Å². The van der Waals surface area contributed by atoms with Gasteiger partial charge in [0.2, 0.25) is 0 Å². The van der Waals surface area contributed by atoms with Crippen molar-refractivity contribution in [3.63, 3.8) is 0 Å². The molecule has 0 aliphatic rings. The van der Waals surface area contributed by atoms with Gasteiger partial charge in [0.25, 0.3) is 0 Å². The number of amides is 1. The van der Waals surface area contributed by atoms with Crippen molar-refractivity contribution in [3.05, 3.63) is 35.9 Å². The average Bonchev–Trinajstić information content (AvgIpc) is 3.30. The van der Waals surface area contributed by atoms with Crippen LogP contribution in [0.3, 0.4) is 0 Å². The Morgan fingerprint density at radius 2 is 0.922 bits per heavy atom. The summed E-state index contributed by atoms with van der Waals surface area (Å²) in [6.45, 7) is 14.5. The number of carbonyl (C=O) groups excluding carboxylic acids is 3. The third-order valence-corrected chi connectivity index (χ3v) is 10.1. The minimum atomic E-state index is -0.636. The summed E-state index contributed by atoms with van der Waals surface area (Å²) in [5, 5.41) is 2.57. The van der Waals surface area contributed by atoms with Crippen molar-refractivity contribution >= 4 is 18.0 Å². The Morgan fingerprint density at radius 3 is 1.39 bits per heavy atom. The predicted octanol–water partition coefficient (Wildman–Crippen LogP) is 6.95. The molecule has 64 heavy (non-hydrogen) atoms. The summed E-state index contributed by atoms with van der Waals surface area (Å²) in [4.78, 5) is 38.4. The predicted molar refractivity (Wildman–Crippen MR) is 244 cm³/mol. The molecule has 0 aliphatic carbocycles. The molecule has 1 aromatic rings. The average molecular weight is 916 g/mol. The summed E-state index contributed by atoms with van der Waals surface area (Å²) in [6, 6.07) is 10.2. The second kappa shape index (κ2) is 45.2. The second-order valence-electron chi connectivity index (χ2n) is 15.3. The molecule has 16 heteroatoms. The van der Waals surface area contributed by atoms with Gasteiger partial charge in [0.05, 0.1) is 137 Å². The number of nitrogens with one attached hydrogen (secondary N) is 1. The zero-order valence-corrected chi connectivity index (χ0v) is 39.9. The van der Waals surface area contributed by atoms with Crippen molar-refractivity contribution in [1.82, 2.24) is 5.32 Å². The highest BCUT2D eigenvalue weighted by Gasteiger charge is 2.29. The Balaban J connectivity index is 2.06. The van der Waals surface area contributed by atoms with E-state index in [2.05, 4.69) is 31.3 Å². The van der Waals surface area contributed by atoms with E-state index in [1.54, 1.807) is 14.0 Å². The molecule has 0 heterocycles. The molecule has 3 atom stereocenters. The summed E-state index contributed by atoms with van der Waals surface area (Å²) in [5.74, 6) is -1.48. The Morgan fingerprint density at radius 1 is 0.484 bits per heavy atom. The van der Waals surface area contributed by atoms with Crippen LogP contribution in [0.2, 0.25) is 0 Å². The fourth-order valence-electron chi connectivity index (χ4n) is 6.42. The van der Waals surface area contributed by atoms with Crippen molar-refractivity contribution in [2.75, 3.05) is 146 Å². The third-order valence-electron chi connectivity index (χ3n) is 10.1. The Hall–Kier alpha value is -2.93. The minimum absolute atomic E-state index is 0.0185. The first-order chi connectivity index (χ1) is 31.4. The topological polar surface area (TPSA) is 174 Å². The summed E-state index contributed by atoms with van der Waals surface area (Å²) < 4.78 is 64.8. The van der Waals surface area contributed by atoms with Gasteiger partial charge in [0, 0.05) is 7.11 Å². The van der Waals surface area contributed by atoms with Crippen LogP contribution in [0.25, 0.3) is 0 Å². The van der Waals surface area contributed by atoms with Gasteiger partial charge in [-0.3, -0.25) is 9.59 Å². The van der Waals surface area contributed by atoms with Gasteiger partial charge in [-0.15, -0.1) is 0 Å². The number of methoxy groups -OCH3 is 1. The van der Waals surface area contributed by atoms with Gasteiger partial charge < -0.3 is 62.2 Å². The molecule has 16 nitrogen and oxygen atoms in total. The number of carbonyl (C=O) groups is 3. The molecule has 1 N–H and O–H groups in total. The van der Waals surface area contributed by atoms with Crippen LogP contribution in [0, 0.1) is 11.8 Å². The molecule has 1 rings (SSSR count). The molecule has 372 valence electrons. The number of hydrogen-bond acceptors (Lipinski definition) is 15. The van der Waals surface area contributed by atoms with E-state index in [9.17, 15) is 14.4 Å². The second-order valence-corrected chi connectivity index (χ2v) is 15.3. The Bertz CT molecular complexity index is 1200. The van der Waals surface area contributed by atoms with Gasteiger partial charge in [0.1, 0.15) is 13.2 Å². The first-order valence-corrected chi connectivity index (χ1v) is 23.8. The van der Waals surface area contributed by atoms with Gasteiger partial charge in [-0.25, -0.2) is 4.79 Å². The molecule has 0 radical (unpaired) electrons. The summed E-state index contributed by atoms with van der Waals surface area (Å²) in [7, 11) is 1.64. The van der Waals surface area contributed by atoms with E-state index in [0.29, 0.717) is 125 Å². The number of rotatable bonds is 47. The van der Waals surface area contributed by atoms with Crippen molar-refractivity contribution in [2.24, 2.45) is 11.8 Å². The summed E-state index contributed by atoms with van der Waals surface area (Å²) in [6.07, 6.45) is 10.5. The van der Waals surface area contributed by atoms with E-state index < -0.39 is 23.9 Å². The van der Waals surface area contributed by atoms with Crippen molar-refractivity contribution in [3.8, 4) is 0 Å². The van der Waals surface area contributed by atoms with Crippen molar-refractivity contribution < 1.29 is 71.2 Å². The van der Waals surface area contributed by atoms with Crippen LogP contribution < -0.4 is 5.32 Å². The lowest BCUT2D eigenvalue weighted by atomic mass is 9.83. The number of alkyl carbamates (subject to hydrolysis) is 1. The normalized spacial score (nSPS) is 12.8. The molecule has 1 aromatic carbocycles. The molecule has 0 aliphatic heterocycles. The van der Waals surface area contributed by atoms with Crippen LogP contribution >= 0.6 is 0 Å². The standard InChI is InChI=1S/C48H85NO15/c1-5-7-8-9-10-11-12-16-20-62-47(51)45(41-43(6-2)44-17-14-13-15-18-44)40-42(3)46(50)63-21-19-49-48(52)64-39-38-61-37-36-60-35-34-59-33-32-58-31-30-57-29-28-56-27-26-55-25-24-54-23-22-53-4/h13-15,17-18,42-43,45H,5-12,16,19-41H2,1-4H3,(H,49,52). The van der Waals surface area contributed by atoms with E-state index in [-0.39, 0.29) is 38.3 Å². The lowest BCUT2D eigenvalue weighted by molar-refractivity contribution is -0.152. The minimum Gasteiger partial charge on any atom is -0.465 e. The molecule has 1 amide bonds. The molecular formula is C48H85NO15. The number of ether oxygens (including phenoxy) is 12. The maximum atomic E-state index is 13.4. The van der Waals surface area contributed by atoms with Crippen molar-refractivity contribution in [2.45, 2.75) is 97.3 Å². The molecule has 0 saturated heterocycles. The maximum absolute atomic E-state index is 13.4. The van der Waals surface area contributed by atoms with Gasteiger partial charge in [-0.05, 0) is 37.2 Å². The largest absolute Gasteiger partial charge is 0.465 e. The SMILES string of the molecule is CCCCCCCCCCOC(=O)C(CC(C)C(=O)OCCNC(=O)OCCOCCOCCOCCOCCOCCOCCOCCOCCOC)CC(CC)c1ccccc1. The van der Waals surface area contributed by atoms with Gasteiger partial charge >= 0.3 is 18.0 Å². The van der Waals surface area contributed by atoms with Gasteiger partial charge in [0.15, 0.2) is 0 Å². The van der Waals surface area contributed by atoms with Crippen LogP contribution in [0.15, 0.2) is 30.3 Å². The van der Waals surface area contributed by atoms with E-state index in [1.807, 2.05) is 18.2 Å². The van der Waals surface area contributed by atoms with Gasteiger partial charge in [-0.2, -0.15) is 0 Å². The Kier molecular flexibility index (Phi) is 41.8. The first-order valence-electron chi connectivity index (χ1n) is 23.8. The van der Waals surface area contributed by atoms with Crippen LogP contribution in [-0.4, -0.2) is 164 Å². The third kappa shape index (κ3) is 36.3. The fraction of sp³-hybridized carbons (Fsp3) is 0.812. The highest BCUT2D eigenvalue weighted by molar-refractivity contribution is 5.76. The van der Waals surface area contributed by atoms with Crippen LogP contribution in [-0.2, 0) is 66.4 Å². The van der Waals surface area contributed by atoms with E-state index in [1.165, 1.54) is 37.7 Å². The van der Waals surface area contributed by atoms with Gasteiger partial charge in [-0.1, -0.05) is 96.0 Å². The molecule has 3 unspecified atom stereocenters. The lowest BCUT2D eigenvalue weighted by Crippen LogP contribution is -2.31. The smallest absolute Gasteiger partial charge is 0.407 e. The highest BCUT2D eigenvalue weighted by Crippen LogP contribution is 2.31. The number of esters is 2. The quantitative estimate of drug-likeness (QED) is 0.0404. The molecule has 0 bridgehead atoms. The molecule has 0 spiro atoms. The zero-order valence-electron chi connectivity index (χ0n) is 39.9.